The molecule has 1 aromatic carbocycles. The van der Waals surface area contributed by atoms with Crippen molar-refractivity contribution in [2.24, 2.45) is 0 Å². The minimum Gasteiger partial charge on any atom is -0.478 e. The molecule has 0 radical (unpaired) electrons. The van der Waals surface area contributed by atoms with Crippen LogP contribution in [-0.4, -0.2) is 45.8 Å². The van der Waals surface area contributed by atoms with E-state index in [0.29, 0.717) is 5.69 Å². The van der Waals surface area contributed by atoms with Crippen molar-refractivity contribution in [3.63, 3.8) is 0 Å². The largest absolute Gasteiger partial charge is 0.478 e. The van der Waals surface area contributed by atoms with E-state index in [1.54, 1.807) is 38.5 Å². The van der Waals surface area contributed by atoms with E-state index in [9.17, 15) is 14.7 Å². The van der Waals surface area contributed by atoms with Gasteiger partial charge in [0.25, 0.3) is 5.91 Å². The van der Waals surface area contributed by atoms with Crippen molar-refractivity contribution in [1.82, 2.24) is 14.7 Å². The van der Waals surface area contributed by atoms with E-state index in [1.165, 1.54) is 15.6 Å². The summed E-state index contributed by atoms with van der Waals surface area (Å²) in [6.45, 7) is 0. The number of nitrogens with zero attached hydrogens (tertiary/aromatic N) is 3. The Morgan fingerprint density at radius 1 is 1.30 bits per heavy atom. The summed E-state index contributed by atoms with van der Waals surface area (Å²) < 4.78 is 2.11. The molecule has 7 heteroatoms. The van der Waals surface area contributed by atoms with Crippen molar-refractivity contribution in [2.45, 2.75) is 0 Å². The van der Waals surface area contributed by atoms with E-state index in [1.807, 2.05) is 0 Å². The lowest BCUT2D eigenvalue weighted by Gasteiger charge is -2.08. The second-order valence-corrected chi connectivity index (χ2v) is 5.23. The highest BCUT2D eigenvalue weighted by Gasteiger charge is 2.16. The number of hydrogen-bond donors (Lipinski definition) is 1. The molecular weight excluding hydrogens is 326 g/mol. The predicted molar refractivity (Wildman–Crippen MR) is 76.2 cm³/mol. The predicted octanol–water partition coefficient (Wildman–Crippen LogP) is 2.03. The molecule has 0 unspecified atom stereocenters. The summed E-state index contributed by atoms with van der Waals surface area (Å²) in [7, 11) is 3.26. The number of benzene rings is 1. The molecule has 0 bridgehead atoms. The maximum atomic E-state index is 11.8. The molecule has 0 saturated carbocycles. The molecule has 0 spiro atoms. The maximum absolute atomic E-state index is 11.8. The monoisotopic (exact) mass is 337 g/mol. The molecule has 2 rings (SSSR count). The van der Waals surface area contributed by atoms with E-state index in [2.05, 4.69) is 21.0 Å². The molecule has 0 fully saturated rings. The van der Waals surface area contributed by atoms with Crippen LogP contribution in [-0.2, 0) is 0 Å². The van der Waals surface area contributed by atoms with Gasteiger partial charge in [0, 0.05) is 24.8 Å². The van der Waals surface area contributed by atoms with Crippen LogP contribution >= 0.6 is 15.9 Å². The zero-order valence-electron chi connectivity index (χ0n) is 10.9. The number of carbonyl (C=O) groups is 2. The molecule has 0 aliphatic rings. The van der Waals surface area contributed by atoms with Crippen molar-refractivity contribution in [3.8, 4) is 5.69 Å². The Hall–Kier alpha value is -2.15. The number of rotatable bonds is 3. The van der Waals surface area contributed by atoms with Gasteiger partial charge in [-0.25, -0.2) is 9.48 Å². The van der Waals surface area contributed by atoms with Crippen molar-refractivity contribution in [2.75, 3.05) is 14.1 Å². The lowest BCUT2D eigenvalue weighted by Crippen LogP contribution is -2.22. The van der Waals surface area contributed by atoms with Crippen molar-refractivity contribution in [3.05, 3.63) is 46.2 Å². The lowest BCUT2D eigenvalue weighted by molar-refractivity contribution is 0.0696. The summed E-state index contributed by atoms with van der Waals surface area (Å²) in [4.78, 5) is 24.4. The Bertz CT molecular complexity index is 679. The average molecular weight is 338 g/mol. The number of hydrogen-bond acceptors (Lipinski definition) is 3. The van der Waals surface area contributed by atoms with Crippen molar-refractivity contribution in [1.29, 1.82) is 0 Å². The molecular formula is C13H12BrN3O3. The van der Waals surface area contributed by atoms with Crippen LogP contribution in [0, 0.1) is 0 Å². The van der Waals surface area contributed by atoms with E-state index < -0.39 is 5.97 Å². The second kappa shape index (κ2) is 5.46. The van der Waals surface area contributed by atoms with Gasteiger partial charge in [-0.2, -0.15) is 5.10 Å². The first-order valence-corrected chi connectivity index (χ1v) is 6.50. The Morgan fingerprint density at radius 2 is 2.00 bits per heavy atom. The van der Waals surface area contributed by atoms with Gasteiger partial charge in [-0.15, -0.1) is 0 Å². The van der Waals surface area contributed by atoms with Crippen LogP contribution in [0.2, 0.25) is 0 Å². The Balaban J connectivity index is 2.50. The quantitative estimate of drug-likeness (QED) is 0.929. The normalized spacial score (nSPS) is 10.3. The number of carbonyl (C=O) groups excluding carboxylic acids is 1. The number of carboxylic acids is 1. The van der Waals surface area contributed by atoms with Crippen LogP contribution in [0.4, 0.5) is 0 Å². The highest BCUT2D eigenvalue weighted by atomic mass is 79.9. The molecule has 20 heavy (non-hydrogen) atoms. The van der Waals surface area contributed by atoms with E-state index in [0.717, 1.165) is 4.47 Å². The molecule has 0 aliphatic carbocycles. The molecule has 2 aromatic rings. The topological polar surface area (TPSA) is 75.4 Å². The van der Waals surface area contributed by atoms with E-state index in [-0.39, 0.29) is 17.2 Å². The molecule has 6 nitrogen and oxygen atoms in total. The Labute approximate surface area is 123 Å². The van der Waals surface area contributed by atoms with Gasteiger partial charge < -0.3 is 10.0 Å². The summed E-state index contributed by atoms with van der Waals surface area (Å²) >= 11 is 3.29. The molecule has 0 aliphatic heterocycles. The third kappa shape index (κ3) is 2.72. The summed E-state index contributed by atoms with van der Waals surface area (Å²) in [6.07, 6.45) is 1.56. The van der Waals surface area contributed by atoms with Crippen LogP contribution in [0.5, 0.6) is 0 Å². The van der Waals surface area contributed by atoms with Crippen LogP contribution in [0.3, 0.4) is 0 Å². The third-order valence-electron chi connectivity index (χ3n) is 2.65. The second-order valence-electron chi connectivity index (χ2n) is 4.31. The number of aromatic carboxylic acids is 1. The molecule has 1 heterocycles. The fraction of sp³-hybridized carbons (Fsp3) is 0.154. The van der Waals surface area contributed by atoms with Gasteiger partial charge in [0.2, 0.25) is 0 Å². The van der Waals surface area contributed by atoms with Gasteiger partial charge in [0.15, 0.2) is 5.69 Å². The zero-order chi connectivity index (χ0) is 14.9. The smallest absolute Gasteiger partial charge is 0.337 e. The fourth-order valence-corrected chi connectivity index (χ4v) is 2.03. The van der Waals surface area contributed by atoms with Gasteiger partial charge >= 0.3 is 5.97 Å². The summed E-state index contributed by atoms with van der Waals surface area (Å²) in [5.41, 5.74) is 0.760. The summed E-state index contributed by atoms with van der Waals surface area (Å²) in [6, 6.07) is 6.31. The minimum atomic E-state index is -1.05. The molecule has 1 aromatic heterocycles. The van der Waals surface area contributed by atoms with Crippen LogP contribution in [0.1, 0.15) is 20.8 Å². The fourth-order valence-electron chi connectivity index (χ4n) is 1.68. The lowest BCUT2D eigenvalue weighted by atomic mass is 10.2. The minimum absolute atomic E-state index is 0.111. The number of halogens is 1. The molecule has 104 valence electrons. The highest BCUT2D eigenvalue weighted by Crippen LogP contribution is 2.20. The molecule has 1 amide bonds. The van der Waals surface area contributed by atoms with Gasteiger partial charge in [0.1, 0.15) is 0 Å². The summed E-state index contributed by atoms with van der Waals surface area (Å²) in [5.74, 6) is -1.29. The first kappa shape index (κ1) is 14.3. The third-order valence-corrected chi connectivity index (χ3v) is 3.14. The maximum Gasteiger partial charge on any atom is 0.337 e. The average Bonchev–Trinajstić information content (AvgIpc) is 2.86. The molecule has 0 saturated heterocycles. The molecule has 0 atom stereocenters. The van der Waals surface area contributed by atoms with Crippen LogP contribution < -0.4 is 0 Å². The van der Waals surface area contributed by atoms with Gasteiger partial charge in [-0.05, 0) is 24.3 Å². The number of aromatic nitrogens is 2. The van der Waals surface area contributed by atoms with Crippen molar-refractivity contribution < 1.29 is 14.7 Å². The van der Waals surface area contributed by atoms with Crippen LogP contribution in [0.25, 0.3) is 5.69 Å². The van der Waals surface area contributed by atoms with E-state index >= 15 is 0 Å². The van der Waals surface area contributed by atoms with E-state index in [4.69, 9.17) is 0 Å². The van der Waals surface area contributed by atoms with Crippen molar-refractivity contribution >= 4 is 27.8 Å². The van der Waals surface area contributed by atoms with Gasteiger partial charge in [-0.1, -0.05) is 15.9 Å². The first-order chi connectivity index (χ1) is 9.40. The van der Waals surface area contributed by atoms with Gasteiger partial charge in [-0.3, -0.25) is 4.79 Å². The standard InChI is InChI=1S/C13H12BrN3O3/c1-16(2)12(18)10-5-6-17(15-10)11-7-8(14)3-4-9(11)13(19)20/h3-7H,1-2H3,(H,19,20). The van der Waals surface area contributed by atoms with Crippen LogP contribution in [0.15, 0.2) is 34.9 Å². The molecule has 1 N–H and O–H groups in total. The Morgan fingerprint density at radius 3 is 2.60 bits per heavy atom. The zero-order valence-corrected chi connectivity index (χ0v) is 12.5. The summed E-state index contributed by atoms with van der Waals surface area (Å²) in [5, 5.41) is 13.3. The SMILES string of the molecule is CN(C)C(=O)c1ccn(-c2cc(Br)ccc2C(=O)O)n1. The Kier molecular flexibility index (Phi) is 3.89. The highest BCUT2D eigenvalue weighted by molar-refractivity contribution is 9.10. The van der Waals surface area contributed by atoms with Gasteiger partial charge in [0.05, 0.1) is 11.3 Å². The number of amides is 1. The first-order valence-electron chi connectivity index (χ1n) is 5.70. The number of carboxylic acid groups (broad SMARTS) is 1.